The number of nitrogens with zero attached hydrogens (tertiary/aromatic N) is 3. The summed E-state index contributed by atoms with van der Waals surface area (Å²) in [6, 6.07) is 8.86. The Morgan fingerprint density at radius 1 is 1.16 bits per heavy atom. The van der Waals surface area contributed by atoms with Crippen LogP contribution in [0.5, 0.6) is 0 Å². The molecular formula is C22H19Cl2N5O2. The minimum absolute atomic E-state index is 0.138. The molecule has 0 fully saturated rings. The molecule has 2 N–H and O–H groups in total. The normalized spacial score (nSPS) is 13.9. The third-order valence-corrected chi connectivity index (χ3v) is 5.60. The number of halogens is 2. The molecule has 2 aromatic heterocycles. The van der Waals surface area contributed by atoms with Crippen LogP contribution in [0.3, 0.4) is 0 Å². The fraction of sp³-hybridized carbons (Fsp3) is 0.182. The number of amides is 1. The van der Waals surface area contributed by atoms with Gasteiger partial charge in [0, 0.05) is 52.6 Å². The Morgan fingerprint density at radius 3 is 2.55 bits per heavy atom. The number of allylic oxidation sites excluding steroid dienone is 4. The average Bonchev–Trinajstić information content (AvgIpc) is 2.73. The molecule has 1 aliphatic rings. The van der Waals surface area contributed by atoms with E-state index in [0.717, 1.165) is 12.1 Å². The zero-order chi connectivity index (χ0) is 22.1. The number of anilines is 3. The maximum Gasteiger partial charge on any atom is 0.259 e. The van der Waals surface area contributed by atoms with Crippen molar-refractivity contribution in [2.45, 2.75) is 19.8 Å². The largest absolute Gasteiger partial charge is 0.326 e. The number of carbonyl (C=O) groups is 1. The first-order valence-corrected chi connectivity index (χ1v) is 10.4. The molecule has 1 aliphatic carbocycles. The smallest absolute Gasteiger partial charge is 0.259 e. The quantitative estimate of drug-likeness (QED) is 0.583. The Labute approximate surface area is 188 Å². The van der Waals surface area contributed by atoms with Crippen LogP contribution < -0.4 is 16.2 Å². The van der Waals surface area contributed by atoms with Gasteiger partial charge >= 0.3 is 0 Å². The number of aryl methyl sites for hydroxylation is 1. The minimum Gasteiger partial charge on any atom is -0.326 e. The highest BCUT2D eigenvalue weighted by molar-refractivity contribution is 6.42. The van der Waals surface area contributed by atoms with Crippen molar-refractivity contribution in [3.05, 3.63) is 68.6 Å². The average molecular weight is 456 g/mol. The van der Waals surface area contributed by atoms with Crippen LogP contribution in [0.2, 0.25) is 0 Å². The molecule has 4 rings (SSSR count). The fourth-order valence-electron chi connectivity index (χ4n) is 3.41. The summed E-state index contributed by atoms with van der Waals surface area (Å²) in [5.41, 5.74) is 2.67. The van der Waals surface area contributed by atoms with Crippen LogP contribution in [-0.2, 0) is 11.8 Å². The van der Waals surface area contributed by atoms with Gasteiger partial charge in [0.2, 0.25) is 11.9 Å². The number of fused-ring (bicyclic) bond motifs is 1. The van der Waals surface area contributed by atoms with Gasteiger partial charge in [0.25, 0.3) is 5.56 Å². The number of pyridine rings is 1. The van der Waals surface area contributed by atoms with Crippen LogP contribution in [0.25, 0.3) is 16.6 Å². The molecule has 0 bridgehead atoms. The van der Waals surface area contributed by atoms with Gasteiger partial charge in [0.15, 0.2) is 0 Å². The van der Waals surface area contributed by atoms with Gasteiger partial charge in [-0.05, 0) is 43.2 Å². The lowest BCUT2D eigenvalue weighted by atomic mass is 9.99. The Kier molecular flexibility index (Phi) is 5.80. The molecule has 0 saturated carbocycles. The van der Waals surface area contributed by atoms with E-state index in [1.165, 1.54) is 11.5 Å². The molecule has 0 atom stereocenters. The summed E-state index contributed by atoms with van der Waals surface area (Å²) in [5, 5.41) is 7.56. The Hall–Kier alpha value is -3.16. The van der Waals surface area contributed by atoms with Gasteiger partial charge in [-0.2, -0.15) is 4.98 Å². The number of aromatic nitrogens is 3. The Morgan fingerprint density at radius 2 is 1.87 bits per heavy atom. The number of benzene rings is 1. The monoisotopic (exact) mass is 455 g/mol. The Balaban J connectivity index is 1.69. The van der Waals surface area contributed by atoms with Crippen molar-refractivity contribution in [2.24, 2.45) is 7.05 Å². The molecule has 0 spiro atoms. The van der Waals surface area contributed by atoms with E-state index >= 15 is 0 Å². The SMILES string of the molecule is CC(=O)Nc1ccc(Nc2ncc3cc(C4=C(Cl)CCC=C4Cl)c(=O)n(C)c3n2)cc1. The molecule has 0 saturated heterocycles. The minimum atomic E-state index is -0.238. The van der Waals surface area contributed by atoms with Gasteiger partial charge < -0.3 is 10.6 Å². The summed E-state index contributed by atoms with van der Waals surface area (Å²) in [5.74, 6) is 0.205. The molecule has 1 aromatic carbocycles. The van der Waals surface area contributed by atoms with Crippen molar-refractivity contribution in [3.8, 4) is 0 Å². The molecule has 0 unspecified atom stereocenters. The molecule has 2 heterocycles. The van der Waals surface area contributed by atoms with E-state index in [-0.39, 0.29) is 11.5 Å². The number of nitrogens with one attached hydrogen (secondary N) is 2. The third kappa shape index (κ3) is 4.33. The predicted molar refractivity (Wildman–Crippen MR) is 125 cm³/mol. The van der Waals surface area contributed by atoms with E-state index in [4.69, 9.17) is 23.2 Å². The summed E-state index contributed by atoms with van der Waals surface area (Å²) in [6.07, 6.45) is 4.91. The molecule has 9 heteroatoms. The summed E-state index contributed by atoms with van der Waals surface area (Å²) < 4.78 is 1.47. The molecular weight excluding hydrogens is 437 g/mol. The number of carbonyl (C=O) groups excluding carboxylic acids is 1. The lowest BCUT2D eigenvalue weighted by molar-refractivity contribution is -0.114. The molecule has 0 aliphatic heterocycles. The van der Waals surface area contributed by atoms with Gasteiger partial charge in [-0.1, -0.05) is 29.3 Å². The van der Waals surface area contributed by atoms with Crippen molar-refractivity contribution in [2.75, 3.05) is 10.6 Å². The second kappa shape index (κ2) is 8.53. The third-order valence-electron chi connectivity index (χ3n) is 4.88. The zero-order valence-corrected chi connectivity index (χ0v) is 18.4. The zero-order valence-electron chi connectivity index (χ0n) is 16.9. The molecule has 3 aromatic rings. The first-order chi connectivity index (χ1) is 14.8. The van der Waals surface area contributed by atoms with Crippen molar-refractivity contribution < 1.29 is 4.79 Å². The second-order valence-corrected chi connectivity index (χ2v) is 8.01. The number of hydrogen-bond donors (Lipinski definition) is 2. The van der Waals surface area contributed by atoms with Crippen molar-refractivity contribution in [1.29, 1.82) is 0 Å². The van der Waals surface area contributed by atoms with E-state index < -0.39 is 0 Å². The number of hydrogen-bond acceptors (Lipinski definition) is 5. The molecule has 7 nitrogen and oxygen atoms in total. The highest BCUT2D eigenvalue weighted by Crippen LogP contribution is 2.36. The lowest BCUT2D eigenvalue weighted by Gasteiger charge is -2.16. The van der Waals surface area contributed by atoms with Gasteiger partial charge in [-0.3, -0.25) is 14.2 Å². The maximum absolute atomic E-state index is 13.0. The first-order valence-electron chi connectivity index (χ1n) is 9.60. The number of rotatable bonds is 4. The van der Waals surface area contributed by atoms with Crippen LogP contribution >= 0.6 is 23.2 Å². The lowest BCUT2D eigenvalue weighted by Crippen LogP contribution is -2.22. The maximum atomic E-state index is 13.0. The topological polar surface area (TPSA) is 88.9 Å². The molecule has 31 heavy (non-hydrogen) atoms. The van der Waals surface area contributed by atoms with E-state index in [9.17, 15) is 9.59 Å². The van der Waals surface area contributed by atoms with Gasteiger partial charge in [0.05, 0.1) is 5.56 Å². The van der Waals surface area contributed by atoms with Crippen LogP contribution in [-0.4, -0.2) is 20.4 Å². The van der Waals surface area contributed by atoms with Crippen molar-refractivity contribution in [1.82, 2.24) is 14.5 Å². The Bertz CT molecular complexity index is 1310. The van der Waals surface area contributed by atoms with E-state index in [1.54, 1.807) is 43.6 Å². The summed E-state index contributed by atoms with van der Waals surface area (Å²) in [7, 11) is 1.65. The standard InChI is InChI=1S/C22H19Cl2N5O2/c1-12(30)26-14-6-8-15(9-7-14)27-22-25-11-13-10-16(21(31)29(2)20(13)28-22)19-17(23)4-3-5-18(19)24/h4,6-11H,3,5H2,1-2H3,(H,26,30)(H,25,27,28). The van der Waals surface area contributed by atoms with Crippen LogP contribution in [0.15, 0.2) is 57.5 Å². The summed E-state index contributed by atoms with van der Waals surface area (Å²) in [4.78, 5) is 33.0. The molecule has 1 amide bonds. The van der Waals surface area contributed by atoms with E-state index in [2.05, 4.69) is 20.6 Å². The fourth-order valence-corrected chi connectivity index (χ4v) is 4.10. The van der Waals surface area contributed by atoms with Crippen LogP contribution in [0.1, 0.15) is 25.3 Å². The molecule has 0 radical (unpaired) electrons. The first kappa shape index (κ1) is 21.1. The van der Waals surface area contributed by atoms with Crippen molar-refractivity contribution in [3.63, 3.8) is 0 Å². The van der Waals surface area contributed by atoms with Gasteiger partial charge in [-0.15, -0.1) is 0 Å². The van der Waals surface area contributed by atoms with E-state index in [1.807, 2.05) is 6.08 Å². The second-order valence-electron chi connectivity index (χ2n) is 7.15. The summed E-state index contributed by atoms with van der Waals surface area (Å²) in [6.45, 7) is 1.45. The van der Waals surface area contributed by atoms with Crippen LogP contribution in [0.4, 0.5) is 17.3 Å². The van der Waals surface area contributed by atoms with E-state index in [0.29, 0.717) is 50.3 Å². The predicted octanol–water partition coefficient (Wildman–Crippen LogP) is 4.90. The highest BCUT2D eigenvalue weighted by Gasteiger charge is 2.20. The van der Waals surface area contributed by atoms with Gasteiger partial charge in [0.1, 0.15) is 5.65 Å². The van der Waals surface area contributed by atoms with Gasteiger partial charge in [-0.25, -0.2) is 4.98 Å². The molecule has 158 valence electrons. The summed E-state index contributed by atoms with van der Waals surface area (Å²) >= 11 is 12.7. The highest BCUT2D eigenvalue weighted by atomic mass is 35.5. The van der Waals surface area contributed by atoms with Crippen LogP contribution in [0, 0.1) is 0 Å². The van der Waals surface area contributed by atoms with Crippen molar-refractivity contribution >= 4 is 63.0 Å².